The van der Waals surface area contributed by atoms with E-state index in [0.29, 0.717) is 17.8 Å². The molecule has 18 rings (SSSR count). The van der Waals surface area contributed by atoms with Gasteiger partial charge >= 0.3 is 0 Å². The molecule has 0 aliphatic heterocycles. The molecule has 0 bridgehead atoms. The van der Waals surface area contributed by atoms with Crippen LogP contribution in [0.1, 0.15) is 76.0 Å². The summed E-state index contributed by atoms with van der Waals surface area (Å²) in [5.74, 6) is 1.50. The Morgan fingerprint density at radius 3 is 0.991 bits per heavy atom. The fourth-order valence-corrected chi connectivity index (χ4v) is 21.8. The third-order valence-corrected chi connectivity index (χ3v) is 29.9. The molecule has 0 aliphatic rings. The summed E-state index contributed by atoms with van der Waals surface area (Å²) >= 11 is 5.64. The molecule has 0 atom stereocenters. The Morgan fingerprint density at radius 2 is 0.632 bits per heavy atom. The van der Waals surface area contributed by atoms with Crippen molar-refractivity contribution in [2.24, 2.45) is 0 Å². The maximum atomic E-state index is 4.75. The van der Waals surface area contributed by atoms with Crippen LogP contribution in [0.3, 0.4) is 0 Å². The Hall–Kier alpha value is -8.86. The standard InChI is InChI=1S/3C23H24NSSi.3C11H8N.3Ir/c1-15(2)16-12-13-20(24-14-16)19-10-6-8-17-18-9-7-11-21(26(3,4)5)23(18)25-22(17)19;1-15(2)16-9-12-21(24-14-16)20-8-6-7-19-18-11-10-17(26(3,4)5)13-22(18)25-23(19)20;1-15(2)16-9-11-21(24-14-16)19-8-6-7-18-20-13-17(26(3,4)5)10-12-22(20)25-23(18)19;3*1-2-6-10(7-3-1)11-8-4-5-9-12-11;;;/h6-9,11-15H,1-5H3;2*6-7,9-15H,1-5H3;3*1-6,8-9H;;;/q6*-1;;;. The number of rotatable bonds is 12. The van der Waals surface area contributed by atoms with Crippen LogP contribution in [0.15, 0.2) is 292 Å². The minimum Gasteiger partial charge on any atom is -0.305 e. The van der Waals surface area contributed by atoms with Gasteiger partial charge in [-0.05, 0) is 134 Å². The first-order valence-electron chi connectivity index (χ1n) is 39.1. The summed E-state index contributed by atoms with van der Waals surface area (Å²) in [6.07, 6.45) is 11.4. The largest absolute Gasteiger partial charge is 0.305 e. The minimum absolute atomic E-state index is 0. The van der Waals surface area contributed by atoms with Crippen LogP contribution in [0.5, 0.6) is 0 Å². The summed E-state index contributed by atoms with van der Waals surface area (Å²) in [4.78, 5) is 26.9. The molecule has 0 unspecified atom stereocenters. The van der Waals surface area contributed by atoms with Gasteiger partial charge in [0.2, 0.25) is 0 Å². The molecule has 18 aromatic rings. The average Bonchev–Trinajstić information content (AvgIpc) is 1.61. The Balaban J connectivity index is 0.000000152. The van der Waals surface area contributed by atoms with Crippen LogP contribution < -0.4 is 15.6 Å². The van der Waals surface area contributed by atoms with E-state index in [2.05, 4.69) is 261 Å². The van der Waals surface area contributed by atoms with Gasteiger partial charge in [0.25, 0.3) is 0 Å². The fraction of sp³-hybridized carbons (Fsp3) is 0.176. The van der Waals surface area contributed by atoms with Gasteiger partial charge in [0.15, 0.2) is 0 Å². The number of fused-ring (bicyclic) bond motifs is 9. The summed E-state index contributed by atoms with van der Waals surface area (Å²) in [5, 5.41) is 12.6. The van der Waals surface area contributed by atoms with Crippen molar-refractivity contribution in [2.45, 2.75) is 118 Å². The van der Waals surface area contributed by atoms with Gasteiger partial charge in [-0.15, -0.1) is 179 Å². The minimum atomic E-state index is -1.39. The van der Waals surface area contributed by atoms with Crippen molar-refractivity contribution in [1.82, 2.24) is 29.9 Å². The predicted octanol–water partition coefficient (Wildman–Crippen LogP) is 27.4. The van der Waals surface area contributed by atoms with Crippen LogP contribution in [0.25, 0.3) is 128 Å². The monoisotopic (exact) mass is 2160 g/mol. The molecule has 9 aromatic carbocycles. The number of hydrogen-bond donors (Lipinski definition) is 0. The molecule has 0 spiro atoms. The second-order valence-corrected chi connectivity index (χ2v) is 50.6. The molecule has 597 valence electrons. The van der Waals surface area contributed by atoms with Gasteiger partial charge in [-0.25, -0.2) is 0 Å². The van der Waals surface area contributed by atoms with Crippen molar-refractivity contribution in [2.75, 3.05) is 0 Å². The SMILES string of the molecule is CC(C)c1ccc(-c2[c-]ccc3c2sc2c([Si](C)(C)C)cccc23)nc1.CC(C)c1ccc(-c2[c-]ccc3c2sc2cc([Si](C)(C)C)ccc23)nc1.CC(C)c1ccc(-c2[c-]ccc3c2sc2ccc([Si](C)(C)C)cc23)nc1.[Ir].[Ir].[Ir].[c-]1ccccc1-c1ccccn1.[c-]1ccccc1-c1ccccn1.[c-]1ccccc1-c1ccccn1. The zero-order valence-corrected chi connectivity index (χ0v) is 81.5. The first-order valence-corrected chi connectivity index (χ1v) is 52.0. The summed E-state index contributed by atoms with van der Waals surface area (Å²) < 4.78 is 8.06. The zero-order valence-electron chi connectivity index (χ0n) is 68.9. The van der Waals surface area contributed by atoms with Crippen molar-refractivity contribution in [3.8, 4) is 67.5 Å². The van der Waals surface area contributed by atoms with Crippen molar-refractivity contribution in [3.05, 3.63) is 345 Å². The molecule has 0 fully saturated rings. The van der Waals surface area contributed by atoms with Crippen LogP contribution >= 0.6 is 34.0 Å². The van der Waals surface area contributed by atoms with E-state index in [4.69, 9.17) is 15.0 Å². The van der Waals surface area contributed by atoms with Gasteiger partial charge in [-0.3, -0.25) is 0 Å². The fourth-order valence-electron chi connectivity index (χ4n) is 13.2. The molecular weight excluding hydrogens is 2070 g/mol. The summed E-state index contributed by atoms with van der Waals surface area (Å²) in [6.45, 7) is 34.9. The number of aromatic nitrogens is 6. The van der Waals surface area contributed by atoms with E-state index in [1.54, 1.807) is 23.8 Å². The molecule has 3 radical (unpaired) electrons. The van der Waals surface area contributed by atoms with Crippen molar-refractivity contribution in [3.63, 3.8) is 0 Å². The summed E-state index contributed by atoms with van der Waals surface area (Å²) in [6, 6.07) is 107. The molecule has 9 heterocycles. The van der Waals surface area contributed by atoms with Crippen LogP contribution in [-0.2, 0) is 60.3 Å². The van der Waals surface area contributed by atoms with Gasteiger partial charge in [-0.2, -0.15) is 34.0 Å². The molecule has 0 aliphatic carbocycles. The molecule has 0 saturated heterocycles. The van der Waals surface area contributed by atoms with Crippen molar-refractivity contribution in [1.29, 1.82) is 0 Å². The molecule has 15 heteroatoms. The first-order chi connectivity index (χ1) is 54.9. The molecule has 0 N–H and O–H groups in total. The predicted molar refractivity (Wildman–Crippen MR) is 501 cm³/mol. The van der Waals surface area contributed by atoms with Gasteiger partial charge in [0.1, 0.15) is 0 Å². The Labute approximate surface area is 748 Å². The Bertz CT molecular complexity index is 5810. The number of thiophene rings is 3. The Morgan fingerprint density at radius 1 is 0.265 bits per heavy atom. The van der Waals surface area contributed by atoms with E-state index >= 15 is 0 Å². The molecule has 117 heavy (non-hydrogen) atoms. The molecular formula is C102H96Ir3N6S3Si3-6. The van der Waals surface area contributed by atoms with E-state index in [1.165, 1.54) is 87.6 Å². The van der Waals surface area contributed by atoms with E-state index < -0.39 is 24.2 Å². The summed E-state index contributed by atoms with van der Waals surface area (Å²) in [5.41, 5.74) is 16.3. The second kappa shape index (κ2) is 41.2. The van der Waals surface area contributed by atoms with Crippen molar-refractivity contribution < 1.29 is 60.3 Å². The molecule has 6 nitrogen and oxygen atoms in total. The average molecular weight is 2160 g/mol. The van der Waals surface area contributed by atoms with E-state index in [-0.39, 0.29) is 60.3 Å². The summed E-state index contributed by atoms with van der Waals surface area (Å²) in [7, 11) is -4.02. The maximum absolute atomic E-state index is 4.75. The number of pyridine rings is 6. The molecule has 9 aromatic heterocycles. The molecule has 0 amide bonds. The van der Waals surface area contributed by atoms with Gasteiger partial charge < -0.3 is 29.9 Å². The zero-order chi connectivity index (χ0) is 80.1. The van der Waals surface area contributed by atoms with Crippen LogP contribution in [-0.4, -0.2) is 54.1 Å². The number of hydrogen-bond acceptors (Lipinski definition) is 9. The van der Waals surface area contributed by atoms with Crippen LogP contribution in [0.2, 0.25) is 58.9 Å². The Kier molecular flexibility index (Phi) is 31.9. The van der Waals surface area contributed by atoms with E-state index in [1.807, 2.05) is 198 Å². The van der Waals surface area contributed by atoms with Crippen LogP contribution in [0, 0.1) is 36.4 Å². The van der Waals surface area contributed by atoms with E-state index in [9.17, 15) is 0 Å². The third-order valence-electron chi connectivity index (χ3n) is 19.9. The van der Waals surface area contributed by atoms with Gasteiger partial charge in [-0.1, -0.05) is 242 Å². The molecule has 0 saturated carbocycles. The van der Waals surface area contributed by atoms with E-state index in [0.717, 1.165) is 67.5 Å². The normalized spacial score (nSPS) is 11.2. The number of benzene rings is 9. The number of nitrogens with zero attached hydrogens (tertiary/aromatic N) is 6. The quantitative estimate of drug-likeness (QED) is 0.0896. The van der Waals surface area contributed by atoms with Gasteiger partial charge in [0, 0.05) is 112 Å². The second-order valence-electron chi connectivity index (χ2n) is 32.3. The maximum Gasteiger partial charge on any atom is 0.0794 e. The van der Waals surface area contributed by atoms with Gasteiger partial charge in [0.05, 0.1) is 24.2 Å². The van der Waals surface area contributed by atoms with Crippen molar-refractivity contribution >= 4 is 134 Å². The van der Waals surface area contributed by atoms with Crippen LogP contribution in [0.4, 0.5) is 0 Å². The smallest absolute Gasteiger partial charge is 0.0794 e. The first kappa shape index (κ1) is 90.5. The third kappa shape index (κ3) is 22.6. The topological polar surface area (TPSA) is 77.3 Å².